The lowest BCUT2D eigenvalue weighted by Crippen LogP contribution is -2.44. The second-order valence-electron chi connectivity index (χ2n) is 21.3. The number of nitrogens with zero attached hydrogens (tertiary/aromatic N) is 1. The largest absolute Gasteiger partial charge is 0.545 e. The van der Waals surface area contributed by atoms with Crippen LogP contribution in [0.15, 0.2) is 12.2 Å². The molecule has 0 aromatic carbocycles. The van der Waals surface area contributed by atoms with Crippen LogP contribution in [-0.4, -0.2) is 82.3 Å². The Hall–Kier alpha value is -1.97. The quantitative estimate of drug-likeness (QED) is 0.0195. The highest BCUT2D eigenvalue weighted by Crippen LogP contribution is 2.18. The first-order valence-corrected chi connectivity index (χ1v) is 29.3. The molecular weight excluding hydrogens is 851 g/mol. The molecule has 0 aromatic rings. The Kier molecular flexibility index (Phi) is 49.9. The van der Waals surface area contributed by atoms with Crippen LogP contribution in [0, 0.1) is 0 Å². The number of carbonyl (C=O) groups excluding carboxylic acids is 3. The predicted octanol–water partition coefficient (Wildman–Crippen LogP) is 15.6. The van der Waals surface area contributed by atoms with E-state index in [1.54, 1.807) is 0 Å². The molecule has 0 bridgehead atoms. The number of rotatable bonds is 55. The fraction of sp³-hybridized carbons (Fsp3) is 0.915. The summed E-state index contributed by atoms with van der Waals surface area (Å²) in [6, 6.07) is 0. The van der Waals surface area contributed by atoms with Crippen LogP contribution < -0.4 is 5.11 Å². The molecule has 0 aliphatic carbocycles. The average molecular weight is 965 g/mol. The molecule has 68 heavy (non-hydrogen) atoms. The van der Waals surface area contributed by atoms with Gasteiger partial charge in [-0.15, -0.1) is 0 Å². The third-order valence-corrected chi connectivity index (χ3v) is 13.2. The highest BCUT2D eigenvalue weighted by atomic mass is 16.7. The van der Waals surface area contributed by atoms with E-state index in [0.717, 1.165) is 57.8 Å². The zero-order valence-electron chi connectivity index (χ0n) is 45.8. The molecule has 0 saturated heterocycles. The number of likely N-dealkylation sites (N-methyl/N-ethyl adjacent to an activating group) is 1. The molecule has 0 radical (unpaired) electrons. The second-order valence-corrected chi connectivity index (χ2v) is 21.3. The zero-order valence-corrected chi connectivity index (χ0v) is 45.8. The topological polar surface area (TPSA) is 111 Å². The molecule has 0 aromatic heterocycles. The molecule has 0 fully saturated rings. The van der Waals surface area contributed by atoms with Gasteiger partial charge in [-0.2, -0.15) is 0 Å². The van der Waals surface area contributed by atoms with Gasteiger partial charge in [0.15, 0.2) is 12.4 Å². The van der Waals surface area contributed by atoms with Crippen molar-refractivity contribution in [3.63, 3.8) is 0 Å². The van der Waals surface area contributed by atoms with Gasteiger partial charge in [0.2, 0.25) is 0 Å². The van der Waals surface area contributed by atoms with E-state index in [9.17, 15) is 19.5 Å². The van der Waals surface area contributed by atoms with Crippen LogP contribution in [0.4, 0.5) is 0 Å². The molecule has 0 saturated carbocycles. The summed E-state index contributed by atoms with van der Waals surface area (Å²) in [7, 11) is 5.92. The minimum atomic E-state index is -1.62. The molecule has 2 unspecified atom stereocenters. The first-order chi connectivity index (χ1) is 33.1. The smallest absolute Gasteiger partial charge is 0.306 e. The molecule has 0 rings (SSSR count). The zero-order chi connectivity index (χ0) is 49.9. The Morgan fingerprint density at radius 3 is 1.15 bits per heavy atom. The molecule has 9 heteroatoms. The van der Waals surface area contributed by atoms with Crippen molar-refractivity contribution in [2.75, 3.05) is 47.5 Å². The van der Waals surface area contributed by atoms with Crippen molar-refractivity contribution in [1.82, 2.24) is 0 Å². The Morgan fingerprint density at radius 1 is 0.426 bits per heavy atom. The number of hydrogen-bond donors (Lipinski definition) is 0. The number of hydrogen-bond acceptors (Lipinski definition) is 8. The molecule has 402 valence electrons. The summed E-state index contributed by atoms with van der Waals surface area (Å²) >= 11 is 0. The van der Waals surface area contributed by atoms with Crippen molar-refractivity contribution in [3.05, 3.63) is 12.2 Å². The molecule has 0 spiro atoms. The Morgan fingerprint density at radius 2 is 0.779 bits per heavy atom. The van der Waals surface area contributed by atoms with E-state index < -0.39 is 24.3 Å². The number of quaternary nitrogens is 1. The maximum absolute atomic E-state index is 12.7. The number of carbonyl (C=O) groups is 3. The lowest BCUT2D eigenvalue weighted by Gasteiger charge is -2.26. The first kappa shape index (κ1) is 66.0. The van der Waals surface area contributed by atoms with Crippen LogP contribution in [0.25, 0.3) is 0 Å². The number of ether oxygens (including phenoxy) is 4. The lowest BCUT2D eigenvalue weighted by molar-refractivity contribution is -0.870. The molecule has 0 aliphatic heterocycles. The molecular formula is C59H113NO8. The van der Waals surface area contributed by atoms with Crippen LogP contribution in [-0.2, 0) is 33.3 Å². The van der Waals surface area contributed by atoms with E-state index in [1.165, 1.54) is 199 Å². The van der Waals surface area contributed by atoms with Gasteiger partial charge in [0, 0.05) is 12.8 Å². The van der Waals surface area contributed by atoms with E-state index >= 15 is 0 Å². The standard InChI is InChI=1S/C59H113NO8/c1-6-8-10-12-14-16-18-19-20-21-22-23-24-25-26-27-28-29-30-31-32-33-34-35-36-37-38-39-40-42-43-45-47-49-56(61)66-53-55(54-67-59(58(63)64)65-52-51-60(3,4)5)68-57(62)50-48-46-44-41-17-15-13-11-9-7-2/h11,13,55,59H,6-10,12,14-54H2,1-5H3/b13-11-. The highest BCUT2D eigenvalue weighted by Gasteiger charge is 2.22. The summed E-state index contributed by atoms with van der Waals surface area (Å²) in [5, 5.41) is 11.7. The summed E-state index contributed by atoms with van der Waals surface area (Å²) in [6.07, 6.45) is 55.9. The van der Waals surface area contributed by atoms with Gasteiger partial charge in [-0.3, -0.25) is 9.59 Å². The van der Waals surface area contributed by atoms with Crippen LogP contribution in [0.1, 0.15) is 290 Å². The van der Waals surface area contributed by atoms with Crippen molar-refractivity contribution >= 4 is 17.9 Å². The fourth-order valence-corrected chi connectivity index (χ4v) is 8.72. The number of esters is 2. The van der Waals surface area contributed by atoms with Gasteiger partial charge in [0.1, 0.15) is 13.2 Å². The maximum atomic E-state index is 12.7. The number of carboxylic acids is 1. The van der Waals surface area contributed by atoms with E-state index in [2.05, 4.69) is 26.0 Å². The van der Waals surface area contributed by atoms with E-state index in [0.29, 0.717) is 23.9 Å². The van der Waals surface area contributed by atoms with Crippen LogP contribution in [0.3, 0.4) is 0 Å². The summed E-state index contributed by atoms with van der Waals surface area (Å²) in [5.41, 5.74) is 0. The number of carboxylic acid groups (broad SMARTS) is 1. The Labute approximate surface area is 421 Å². The summed E-state index contributed by atoms with van der Waals surface area (Å²) in [6.45, 7) is 4.71. The fourth-order valence-electron chi connectivity index (χ4n) is 8.72. The molecule has 0 heterocycles. The SMILES string of the molecule is CCC/C=C\CCCCCCCC(=O)OC(COC(=O)CCCCCCCCCCCCCCCCCCCCCCCCCCCCCCCCCCC)COC(OCC[N+](C)(C)C)C(=O)[O-]. The third-order valence-electron chi connectivity index (χ3n) is 13.2. The predicted molar refractivity (Wildman–Crippen MR) is 283 cm³/mol. The molecule has 9 nitrogen and oxygen atoms in total. The molecule has 0 aliphatic rings. The van der Waals surface area contributed by atoms with E-state index in [4.69, 9.17) is 18.9 Å². The van der Waals surface area contributed by atoms with Gasteiger partial charge in [-0.1, -0.05) is 257 Å². The van der Waals surface area contributed by atoms with Crippen molar-refractivity contribution < 1.29 is 42.9 Å². The lowest BCUT2D eigenvalue weighted by atomic mass is 10.0. The van der Waals surface area contributed by atoms with Crippen molar-refractivity contribution in [2.24, 2.45) is 0 Å². The van der Waals surface area contributed by atoms with E-state index in [-0.39, 0.29) is 32.2 Å². The monoisotopic (exact) mass is 964 g/mol. The average Bonchev–Trinajstić information content (AvgIpc) is 3.30. The molecule has 2 atom stereocenters. The first-order valence-electron chi connectivity index (χ1n) is 29.3. The second kappa shape index (κ2) is 51.4. The normalized spacial score (nSPS) is 12.8. The minimum Gasteiger partial charge on any atom is -0.545 e. The number of unbranched alkanes of at least 4 members (excludes halogenated alkanes) is 38. The maximum Gasteiger partial charge on any atom is 0.306 e. The van der Waals surface area contributed by atoms with Gasteiger partial charge in [0.05, 0.1) is 40.3 Å². The van der Waals surface area contributed by atoms with Gasteiger partial charge >= 0.3 is 11.9 Å². The van der Waals surface area contributed by atoms with Gasteiger partial charge in [-0.25, -0.2) is 0 Å². The van der Waals surface area contributed by atoms with Crippen molar-refractivity contribution in [1.29, 1.82) is 0 Å². The molecule has 0 amide bonds. The van der Waals surface area contributed by atoms with Crippen LogP contribution in [0.5, 0.6) is 0 Å². The number of allylic oxidation sites excluding steroid dienone is 2. The Bertz CT molecular complexity index is 1120. The van der Waals surface area contributed by atoms with Gasteiger partial charge in [0.25, 0.3) is 0 Å². The van der Waals surface area contributed by atoms with Gasteiger partial charge < -0.3 is 33.3 Å². The minimum absolute atomic E-state index is 0.149. The van der Waals surface area contributed by atoms with E-state index in [1.807, 2.05) is 21.1 Å². The third kappa shape index (κ3) is 51.9. The highest BCUT2D eigenvalue weighted by molar-refractivity contribution is 5.70. The van der Waals surface area contributed by atoms with Crippen LogP contribution >= 0.6 is 0 Å². The molecule has 0 N–H and O–H groups in total. The van der Waals surface area contributed by atoms with Crippen molar-refractivity contribution in [2.45, 2.75) is 302 Å². The van der Waals surface area contributed by atoms with Gasteiger partial charge in [-0.05, 0) is 32.1 Å². The summed E-state index contributed by atoms with van der Waals surface area (Å²) < 4.78 is 22.6. The van der Waals surface area contributed by atoms with Crippen LogP contribution in [0.2, 0.25) is 0 Å². The Balaban J connectivity index is 3.92. The van der Waals surface area contributed by atoms with Crippen molar-refractivity contribution in [3.8, 4) is 0 Å². The summed E-state index contributed by atoms with van der Waals surface area (Å²) in [5.74, 6) is -2.28. The number of aliphatic carboxylic acids is 1. The summed E-state index contributed by atoms with van der Waals surface area (Å²) in [4.78, 5) is 37.1.